The van der Waals surface area contributed by atoms with Gasteiger partial charge in [-0.1, -0.05) is 18.2 Å². The highest BCUT2D eigenvalue weighted by molar-refractivity contribution is 5.85. The molecule has 0 atom stereocenters. The van der Waals surface area contributed by atoms with Gasteiger partial charge in [0.15, 0.2) is 0 Å². The van der Waals surface area contributed by atoms with Crippen LogP contribution >= 0.6 is 12.4 Å². The highest BCUT2D eigenvalue weighted by atomic mass is 35.5. The van der Waals surface area contributed by atoms with Gasteiger partial charge in [0.05, 0.1) is 5.52 Å². The molecule has 1 aromatic heterocycles. The van der Waals surface area contributed by atoms with Gasteiger partial charge in [0, 0.05) is 18.6 Å². The topological polar surface area (TPSA) is 34.9 Å². The van der Waals surface area contributed by atoms with Crippen molar-refractivity contribution < 1.29 is 0 Å². The van der Waals surface area contributed by atoms with Gasteiger partial charge in [-0.2, -0.15) is 0 Å². The van der Waals surface area contributed by atoms with E-state index in [0.29, 0.717) is 0 Å². The van der Waals surface area contributed by atoms with Crippen LogP contribution in [0.1, 0.15) is 0 Å². The minimum atomic E-state index is -0.214. The number of benzene rings is 1. The van der Waals surface area contributed by atoms with Crippen LogP contribution in [0, 0.1) is 0 Å². The Morgan fingerprint density at radius 1 is 1.31 bits per heavy atom. The first-order chi connectivity index (χ1) is 5.79. The van der Waals surface area contributed by atoms with Gasteiger partial charge >= 0.3 is 5.69 Å². The van der Waals surface area contributed by atoms with Crippen molar-refractivity contribution in [3.05, 3.63) is 40.9 Å². The molecule has 0 unspecified atom stereocenters. The summed E-state index contributed by atoms with van der Waals surface area (Å²) in [6.07, 6.45) is 1.59. The molecule has 0 bridgehead atoms. The van der Waals surface area contributed by atoms with Crippen LogP contribution in [0.25, 0.3) is 10.9 Å². The van der Waals surface area contributed by atoms with Crippen molar-refractivity contribution in [2.24, 2.45) is 7.05 Å². The first-order valence-corrected chi connectivity index (χ1v) is 3.70. The lowest BCUT2D eigenvalue weighted by Gasteiger charge is -2.00. The molecule has 0 N–H and O–H groups in total. The average molecular weight is 197 g/mol. The molecular formula is C9H9ClN2O. The van der Waals surface area contributed by atoms with Gasteiger partial charge in [-0.25, -0.2) is 9.78 Å². The average Bonchev–Trinajstić information content (AvgIpc) is 2.12. The minimum absolute atomic E-state index is 0. The predicted molar refractivity (Wildman–Crippen MR) is 54.2 cm³/mol. The number of halogens is 1. The summed E-state index contributed by atoms with van der Waals surface area (Å²) in [6.45, 7) is 0. The molecule has 0 saturated heterocycles. The molecule has 68 valence electrons. The number of hydrogen-bond donors (Lipinski definition) is 0. The van der Waals surface area contributed by atoms with Crippen molar-refractivity contribution in [3.8, 4) is 0 Å². The molecule has 1 aromatic carbocycles. The van der Waals surface area contributed by atoms with E-state index in [2.05, 4.69) is 4.98 Å². The van der Waals surface area contributed by atoms with Crippen LogP contribution in [-0.4, -0.2) is 9.55 Å². The fourth-order valence-corrected chi connectivity index (χ4v) is 1.22. The number of aryl methyl sites for hydroxylation is 1. The number of para-hydroxylation sites is 1. The molecule has 2 aromatic rings. The summed E-state index contributed by atoms with van der Waals surface area (Å²) < 4.78 is 1.54. The smallest absolute Gasteiger partial charge is 0.295 e. The number of hydrogen-bond acceptors (Lipinski definition) is 2. The molecule has 3 nitrogen and oxygen atoms in total. The number of aromatic nitrogens is 2. The third kappa shape index (κ3) is 1.55. The van der Waals surface area contributed by atoms with Gasteiger partial charge in [-0.15, -0.1) is 12.4 Å². The Balaban J connectivity index is 0.000000845. The van der Waals surface area contributed by atoms with Crippen LogP contribution in [0.4, 0.5) is 0 Å². The Morgan fingerprint density at radius 2 is 2.00 bits per heavy atom. The Kier molecular flexibility index (Phi) is 2.68. The van der Waals surface area contributed by atoms with E-state index in [4.69, 9.17) is 0 Å². The lowest BCUT2D eigenvalue weighted by molar-refractivity contribution is 0.853. The van der Waals surface area contributed by atoms with E-state index in [-0.39, 0.29) is 18.1 Å². The maximum absolute atomic E-state index is 11.1. The van der Waals surface area contributed by atoms with Gasteiger partial charge in [-0.3, -0.25) is 4.57 Å². The van der Waals surface area contributed by atoms with Gasteiger partial charge in [0.25, 0.3) is 0 Å². The molecule has 0 aliphatic heterocycles. The molecule has 0 aliphatic rings. The summed E-state index contributed by atoms with van der Waals surface area (Å²) in [5.41, 5.74) is 0.700. The molecule has 0 aliphatic carbocycles. The Hall–Kier alpha value is -1.35. The van der Waals surface area contributed by atoms with Crippen molar-refractivity contribution in [1.82, 2.24) is 9.55 Å². The zero-order chi connectivity index (χ0) is 8.55. The standard InChI is InChI=1S/C9H8N2O.ClH/c1-11-8-5-3-2-4-7(8)6-10-9(11)12;/h2-6H,1H3;1H. The second-order valence-corrected chi connectivity index (χ2v) is 2.66. The van der Waals surface area contributed by atoms with Crippen LogP contribution in [0.2, 0.25) is 0 Å². The number of fused-ring (bicyclic) bond motifs is 1. The number of rotatable bonds is 0. The third-order valence-electron chi connectivity index (χ3n) is 1.90. The molecule has 4 heteroatoms. The Labute approximate surface area is 81.4 Å². The van der Waals surface area contributed by atoms with Gasteiger partial charge in [0.1, 0.15) is 0 Å². The zero-order valence-electron chi connectivity index (χ0n) is 7.10. The van der Waals surface area contributed by atoms with Crippen molar-refractivity contribution in [2.45, 2.75) is 0 Å². The van der Waals surface area contributed by atoms with E-state index in [0.717, 1.165) is 10.9 Å². The quantitative estimate of drug-likeness (QED) is 0.638. The molecule has 2 rings (SSSR count). The third-order valence-corrected chi connectivity index (χ3v) is 1.90. The van der Waals surface area contributed by atoms with E-state index >= 15 is 0 Å². The summed E-state index contributed by atoms with van der Waals surface area (Å²) in [7, 11) is 1.72. The SMILES string of the molecule is Cl.Cn1c(=O)ncc2ccccc21. The highest BCUT2D eigenvalue weighted by Crippen LogP contribution is 2.07. The van der Waals surface area contributed by atoms with E-state index in [1.807, 2.05) is 24.3 Å². The van der Waals surface area contributed by atoms with Crippen molar-refractivity contribution in [3.63, 3.8) is 0 Å². The maximum Gasteiger partial charge on any atom is 0.347 e. The summed E-state index contributed by atoms with van der Waals surface area (Å²) in [4.78, 5) is 14.8. The van der Waals surface area contributed by atoms with Gasteiger partial charge in [-0.05, 0) is 6.07 Å². The van der Waals surface area contributed by atoms with Crippen LogP contribution in [0.15, 0.2) is 35.3 Å². The van der Waals surface area contributed by atoms with E-state index in [1.54, 1.807) is 13.2 Å². The first kappa shape index (κ1) is 9.74. The monoisotopic (exact) mass is 196 g/mol. The molecule has 1 heterocycles. The van der Waals surface area contributed by atoms with Gasteiger partial charge < -0.3 is 0 Å². The molecular weight excluding hydrogens is 188 g/mol. The first-order valence-electron chi connectivity index (χ1n) is 3.70. The van der Waals surface area contributed by atoms with Crippen LogP contribution in [0.5, 0.6) is 0 Å². The van der Waals surface area contributed by atoms with Crippen molar-refractivity contribution in [2.75, 3.05) is 0 Å². The normalized spacial score (nSPS) is 9.62. The Bertz CT molecular complexity index is 478. The van der Waals surface area contributed by atoms with E-state index in [9.17, 15) is 4.79 Å². The molecule has 0 spiro atoms. The number of nitrogens with zero attached hydrogens (tertiary/aromatic N) is 2. The largest absolute Gasteiger partial charge is 0.347 e. The van der Waals surface area contributed by atoms with Gasteiger partial charge in [0.2, 0.25) is 0 Å². The highest BCUT2D eigenvalue weighted by Gasteiger charge is 1.96. The molecule has 0 amide bonds. The van der Waals surface area contributed by atoms with Crippen molar-refractivity contribution >= 4 is 23.3 Å². The zero-order valence-corrected chi connectivity index (χ0v) is 7.91. The van der Waals surface area contributed by atoms with E-state index in [1.165, 1.54) is 4.57 Å². The second kappa shape index (κ2) is 3.58. The lowest BCUT2D eigenvalue weighted by Crippen LogP contribution is -2.19. The molecule has 0 fully saturated rings. The fraction of sp³-hybridized carbons (Fsp3) is 0.111. The second-order valence-electron chi connectivity index (χ2n) is 2.66. The van der Waals surface area contributed by atoms with Crippen LogP contribution < -0.4 is 5.69 Å². The van der Waals surface area contributed by atoms with E-state index < -0.39 is 0 Å². The molecule has 13 heavy (non-hydrogen) atoms. The Morgan fingerprint density at radius 3 is 2.77 bits per heavy atom. The lowest BCUT2D eigenvalue weighted by atomic mass is 10.2. The minimum Gasteiger partial charge on any atom is -0.295 e. The molecule has 0 radical (unpaired) electrons. The van der Waals surface area contributed by atoms with Crippen LogP contribution in [-0.2, 0) is 7.05 Å². The van der Waals surface area contributed by atoms with Crippen LogP contribution in [0.3, 0.4) is 0 Å². The predicted octanol–water partition coefficient (Wildman–Crippen LogP) is 1.36. The summed E-state index contributed by atoms with van der Waals surface area (Å²) in [5.74, 6) is 0. The fourth-order valence-electron chi connectivity index (χ4n) is 1.22. The summed E-state index contributed by atoms with van der Waals surface area (Å²) in [6, 6.07) is 7.66. The maximum atomic E-state index is 11.1. The van der Waals surface area contributed by atoms with Crippen molar-refractivity contribution in [1.29, 1.82) is 0 Å². The summed E-state index contributed by atoms with van der Waals surface area (Å²) in [5, 5.41) is 0.986. The summed E-state index contributed by atoms with van der Waals surface area (Å²) >= 11 is 0. The molecule has 0 saturated carbocycles.